The van der Waals surface area contributed by atoms with Gasteiger partial charge >= 0.3 is 7.12 Å². The minimum absolute atomic E-state index is 0.464. The highest BCUT2D eigenvalue weighted by Gasteiger charge is 2.21. The summed E-state index contributed by atoms with van der Waals surface area (Å²) in [7, 11) is -1.44. The van der Waals surface area contributed by atoms with Gasteiger partial charge in [0.05, 0.1) is 0 Å². The van der Waals surface area contributed by atoms with Crippen molar-refractivity contribution in [2.24, 2.45) is 0 Å². The Morgan fingerprint density at radius 1 is 1.30 bits per heavy atom. The Morgan fingerprint density at radius 3 is 2.70 bits per heavy atom. The van der Waals surface area contributed by atoms with Crippen LogP contribution in [0.2, 0.25) is 0 Å². The average molecular weight is 277 g/mol. The molecule has 0 radical (unpaired) electrons. The fraction of sp³-hybridized carbons (Fsp3) is 0.600. The minimum Gasteiger partial charge on any atom is -0.492 e. The Bertz CT molecular complexity index is 408. The van der Waals surface area contributed by atoms with Gasteiger partial charge in [-0.05, 0) is 37.0 Å². The molecule has 1 aromatic carbocycles. The zero-order chi connectivity index (χ0) is 14.4. The van der Waals surface area contributed by atoms with Crippen molar-refractivity contribution in [1.29, 1.82) is 0 Å². The standard InChI is InChI=1S/C15H24BNO3/c1-2-17(14-7-3-4-8-14)10-11-20-15-9-5-6-13(12-15)16(18)19/h5-6,9,12,14,18-19H,2-4,7-8,10-11H2,1H3. The van der Waals surface area contributed by atoms with Crippen LogP contribution in [0.5, 0.6) is 5.75 Å². The van der Waals surface area contributed by atoms with E-state index < -0.39 is 7.12 Å². The number of nitrogens with zero attached hydrogens (tertiary/aromatic N) is 1. The van der Waals surface area contributed by atoms with E-state index in [-0.39, 0.29) is 0 Å². The van der Waals surface area contributed by atoms with Crippen LogP contribution < -0.4 is 10.2 Å². The molecular formula is C15H24BNO3. The Morgan fingerprint density at radius 2 is 2.05 bits per heavy atom. The smallest absolute Gasteiger partial charge is 0.488 e. The molecule has 1 aromatic rings. The summed E-state index contributed by atoms with van der Waals surface area (Å²) in [6.07, 6.45) is 5.30. The summed E-state index contributed by atoms with van der Waals surface area (Å²) in [6.45, 7) is 4.81. The zero-order valence-electron chi connectivity index (χ0n) is 12.2. The second-order valence-electron chi connectivity index (χ2n) is 5.36. The van der Waals surface area contributed by atoms with E-state index in [4.69, 9.17) is 14.8 Å². The van der Waals surface area contributed by atoms with Crippen LogP contribution in [-0.4, -0.2) is 47.8 Å². The van der Waals surface area contributed by atoms with Gasteiger partial charge in [-0.2, -0.15) is 0 Å². The quantitative estimate of drug-likeness (QED) is 0.730. The van der Waals surface area contributed by atoms with E-state index in [2.05, 4.69) is 11.8 Å². The lowest BCUT2D eigenvalue weighted by Crippen LogP contribution is -2.36. The topological polar surface area (TPSA) is 52.9 Å². The van der Waals surface area contributed by atoms with Gasteiger partial charge in [0.2, 0.25) is 0 Å². The van der Waals surface area contributed by atoms with Crippen molar-refractivity contribution in [3.05, 3.63) is 24.3 Å². The molecule has 1 saturated carbocycles. The van der Waals surface area contributed by atoms with Crippen molar-refractivity contribution in [2.45, 2.75) is 38.6 Å². The lowest BCUT2D eigenvalue weighted by molar-refractivity contribution is 0.168. The SMILES string of the molecule is CCN(CCOc1cccc(B(O)O)c1)C1CCCC1. The van der Waals surface area contributed by atoms with Crippen LogP contribution in [0.4, 0.5) is 0 Å². The molecule has 0 spiro atoms. The van der Waals surface area contributed by atoms with Gasteiger partial charge in [-0.15, -0.1) is 0 Å². The van der Waals surface area contributed by atoms with E-state index in [0.29, 0.717) is 23.9 Å². The summed E-state index contributed by atoms with van der Waals surface area (Å²) >= 11 is 0. The van der Waals surface area contributed by atoms with Crippen LogP contribution in [0.15, 0.2) is 24.3 Å². The van der Waals surface area contributed by atoms with Gasteiger partial charge in [-0.1, -0.05) is 31.9 Å². The minimum atomic E-state index is -1.44. The van der Waals surface area contributed by atoms with Crippen LogP contribution in [0.3, 0.4) is 0 Å². The van der Waals surface area contributed by atoms with Crippen molar-refractivity contribution < 1.29 is 14.8 Å². The molecule has 0 aliphatic heterocycles. The van der Waals surface area contributed by atoms with Gasteiger partial charge in [-0.3, -0.25) is 4.90 Å². The summed E-state index contributed by atoms with van der Waals surface area (Å²) in [6, 6.07) is 7.69. The lowest BCUT2D eigenvalue weighted by atomic mass is 9.80. The molecule has 20 heavy (non-hydrogen) atoms. The number of hydrogen-bond donors (Lipinski definition) is 2. The third-order valence-electron chi connectivity index (χ3n) is 4.05. The maximum absolute atomic E-state index is 9.14. The predicted molar refractivity (Wildman–Crippen MR) is 81.3 cm³/mol. The summed E-state index contributed by atoms with van der Waals surface area (Å²) in [5.74, 6) is 0.693. The fourth-order valence-corrected chi connectivity index (χ4v) is 2.91. The van der Waals surface area contributed by atoms with E-state index in [9.17, 15) is 0 Å². The molecule has 110 valence electrons. The van der Waals surface area contributed by atoms with E-state index in [1.165, 1.54) is 25.7 Å². The van der Waals surface area contributed by atoms with E-state index in [1.54, 1.807) is 18.2 Å². The Balaban J connectivity index is 1.80. The summed E-state index contributed by atoms with van der Waals surface area (Å²) in [4.78, 5) is 2.48. The van der Waals surface area contributed by atoms with Crippen LogP contribution in [0.25, 0.3) is 0 Å². The number of hydrogen-bond acceptors (Lipinski definition) is 4. The van der Waals surface area contributed by atoms with Gasteiger partial charge < -0.3 is 14.8 Å². The van der Waals surface area contributed by atoms with Crippen molar-refractivity contribution in [1.82, 2.24) is 4.90 Å². The number of rotatable bonds is 7. The molecule has 1 aliphatic carbocycles. The first-order valence-electron chi connectivity index (χ1n) is 7.53. The largest absolute Gasteiger partial charge is 0.492 e. The molecule has 0 saturated heterocycles. The van der Waals surface area contributed by atoms with Gasteiger partial charge in [0.15, 0.2) is 0 Å². The molecule has 5 heteroatoms. The Kier molecular flexibility index (Phi) is 5.89. The van der Waals surface area contributed by atoms with Crippen LogP contribution >= 0.6 is 0 Å². The fourth-order valence-electron chi connectivity index (χ4n) is 2.91. The monoisotopic (exact) mass is 277 g/mol. The molecule has 0 atom stereocenters. The predicted octanol–water partition coefficient (Wildman–Crippen LogP) is 1.01. The number of likely N-dealkylation sites (N-methyl/N-ethyl adjacent to an activating group) is 1. The average Bonchev–Trinajstić information content (AvgIpc) is 2.98. The van der Waals surface area contributed by atoms with Crippen molar-refractivity contribution in [2.75, 3.05) is 19.7 Å². The summed E-state index contributed by atoms with van der Waals surface area (Å²) in [5, 5.41) is 18.3. The van der Waals surface area contributed by atoms with Crippen molar-refractivity contribution in [3.8, 4) is 5.75 Å². The number of ether oxygens (including phenoxy) is 1. The van der Waals surface area contributed by atoms with Gasteiger partial charge in [0, 0.05) is 12.6 Å². The van der Waals surface area contributed by atoms with Crippen LogP contribution in [0, 0.1) is 0 Å². The van der Waals surface area contributed by atoms with E-state index in [1.807, 2.05) is 6.07 Å². The third kappa shape index (κ3) is 4.23. The van der Waals surface area contributed by atoms with E-state index in [0.717, 1.165) is 13.1 Å². The first-order valence-corrected chi connectivity index (χ1v) is 7.53. The van der Waals surface area contributed by atoms with Crippen molar-refractivity contribution >= 4 is 12.6 Å². The highest BCUT2D eigenvalue weighted by atomic mass is 16.5. The molecule has 4 nitrogen and oxygen atoms in total. The molecule has 0 heterocycles. The van der Waals surface area contributed by atoms with Crippen molar-refractivity contribution in [3.63, 3.8) is 0 Å². The summed E-state index contributed by atoms with van der Waals surface area (Å²) in [5.41, 5.74) is 0.464. The molecule has 0 unspecified atom stereocenters. The van der Waals surface area contributed by atoms with Crippen LogP contribution in [-0.2, 0) is 0 Å². The molecular weight excluding hydrogens is 253 g/mol. The molecule has 1 fully saturated rings. The molecule has 2 rings (SSSR count). The maximum atomic E-state index is 9.14. The molecule has 0 aromatic heterocycles. The second kappa shape index (κ2) is 7.67. The van der Waals surface area contributed by atoms with Crippen LogP contribution in [0.1, 0.15) is 32.6 Å². The maximum Gasteiger partial charge on any atom is 0.488 e. The van der Waals surface area contributed by atoms with E-state index >= 15 is 0 Å². The van der Waals surface area contributed by atoms with Gasteiger partial charge in [0.25, 0.3) is 0 Å². The normalized spacial score (nSPS) is 15.8. The molecule has 1 aliphatic rings. The third-order valence-corrected chi connectivity index (χ3v) is 4.05. The number of benzene rings is 1. The summed E-state index contributed by atoms with van der Waals surface area (Å²) < 4.78 is 5.72. The molecule has 2 N–H and O–H groups in total. The second-order valence-corrected chi connectivity index (χ2v) is 5.36. The van der Waals surface area contributed by atoms with Gasteiger partial charge in [-0.25, -0.2) is 0 Å². The zero-order valence-corrected chi connectivity index (χ0v) is 12.2. The molecule has 0 amide bonds. The van der Waals surface area contributed by atoms with Gasteiger partial charge in [0.1, 0.15) is 12.4 Å². The Labute approximate surface area is 121 Å². The molecule has 0 bridgehead atoms. The highest BCUT2D eigenvalue weighted by molar-refractivity contribution is 6.58. The highest BCUT2D eigenvalue weighted by Crippen LogP contribution is 2.23. The lowest BCUT2D eigenvalue weighted by Gasteiger charge is -2.27. The first-order chi connectivity index (χ1) is 9.70. The Hall–Kier alpha value is -1.04. The first kappa shape index (κ1) is 15.4.